The van der Waals surface area contributed by atoms with Crippen LogP contribution in [0.4, 0.5) is 16.2 Å². The van der Waals surface area contributed by atoms with Crippen molar-refractivity contribution in [1.29, 1.82) is 0 Å². The quantitative estimate of drug-likeness (QED) is 0.593. The standard InChI is InChI=1S/C19H21ClN4O3.ClH/c20-15-6-1-2-7-16(15)24-19(26)22-11-13-4-3-5-14(10-13)23-18(25)17-12-21-8-9-27-17;/h1-7,10,17,21H,8-9,11-12H2,(H,23,25)(H2,22,24,26);1H. The van der Waals surface area contributed by atoms with Gasteiger partial charge in [0.1, 0.15) is 6.10 Å². The Hall–Kier alpha value is -2.32. The van der Waals surface area contributed by atoms with Crippen LogP contribution in [0.1, 0.15) is 5.56 Å². The summed E-state index contributed by atoms with van der Waals surface area (Å²) in [5.74, 6) is -0.191. The van der Waals surface area contributed by atoms with E-state index < -0.39 is 6.10 Å². The molecule has 2 aromatic carbocycles. The van der Waals surface area contributed by atoms with Crippen molar-refractivity contribution in [2.75, 3.05) is 30.3 Å². The minimum atomic E-state index is -0.498. The molecule has 3 rings (SSSR count). The van der Waals surface area contributed by atoms with E-state index in [1.165, 1.54) is 0 Å². The first-order valence-electron chi connectivity index (χ1n) is 8.63. The van der Waals surface area contributed by atoms with Gasteiger partial charge in [-0.1, -0.05) is 35.9 Å². The number of nitrogens with one attached hydrogen (secondary N) is 4. The van der Waals surface area contributed by atoms with E-state index in [2.05, 4.69) is 21.3 Å². The highest BCUT2D eigenvalue weighted by atomic mass is 35.5. The Balaban J connectivity index is 0.00000280. The second-order valence-corrected chi connectivity index (χ2v) is 6.45. The number of carbonyl (C=O) groups is 2. The predicted octanol–water partition coefficient (Wildman–Crippen LogP) is 3.01. The largest absolute Gasteiger partial charge is 0.366 e. The SMILES string of the molecule is Cl.O=C(NCc1cccc(NC(=O)C2CNCCO2)c1)Nc1ccccc1Cl. The third-order valence-electron chi connectivity index (χ3n) is 3.99. The highest BCUT2D eigenvalue weighted by molar-refractivity contribution is 6.33. The van der Waals surface area contributed by atoms with Crippen molar-refractivity contribution in [3.63, 3.8) is 0 Å². The van der Waals surface area contributed by atoms with Crippen molar-refractivity contribution in [3.05, 3.63) is 59.1 Å². The Morgan fingerprint density at radius 2 is 1.96 bits per heavy atom. The van der Waals surface area contributed by atoms with Gasteiger partial charge in [-0.05, 0) is 29.8 Å². The molecule has 1 fully saturated rings. The van der Waals surface area contributed by atoms with Crippen LogP contribution >= 0.6 is 24.0 Å². The lowest BCUT2D eigenvalue weighted by Gasteiger charge is -2.22. The highest BCUT2D eigenvalue weighted by Gasteiger charge is 2.21. The van der Waals surface area contributed by atoms with Gasteiger partial charge in [0.25, 0.3) is 5.91 Å². The third-order valence-corrected chi connectivity index (χ3v) is 4.32. The number of hydrogen-bond acceptors (Lipinski definition) is 4. The summed E-state index contributed by atoms with van der Waals surface area (Å²) in [5.41, 5.74) is 2.04. The van der Waals surface area contributed by atoms with E-state index in [1.807, 2.05) is 18.2 Å². The summed E-state index contributed by atoms with van der Waals surface area (Å²) in [6, 6.07) is 13.9. The van der Waals surface area contributed by atoms with Gasteiger partial charge in [-0.2, -0.15) is 0 Å². The van der Waals surface area contributed by atoms with Crippen LogP contribution in [0.25, 0.3) is 0 Å². The van der Waals surface area contributed by atoms with Crippen molar-refractivity contribution in [1.82, 2.24) is 10.6 Å². The summed E-state index contributed by atoms with van der Waals surface area (Å²) < 4.78 is 5.44. The monoisotopic (exact) mass is 424 g/mol. The number of urea groups is 1. The summed E-state index contributed by atoms with van der Waals surface area (Å²) in [6.45, 7) is 2.07. The van der Waals surface area contributed by atoms with Gasteiger partial charge in [-0.15, -0.1) is 12.4 Å². The second kappa shape index (κ2) is 10.9. The van der Waals surface area contributed by atoms with Crippen molar-refractivity contribution in [3.8, 4) is 0 Å². The summed E-state index contributed by atoms with van der Waals surface area (Å²) in [6.07, 6.45) is -0.498. The number of amides is 3. The molecule has 1 atom stereocenters. The van der Waals surface area contributed by atoms with Gasteiger partial charge in [-0.25, -0.2) is 4.79 Å². The van der Waals surface area contributed by atoms with Crippen LogP contribution in [0, 0.1) is 0 Å². The van der Waals surface area contributed by atoms with Gasteiger partial charge in [0.15, 0.2) is 0 Å². The number of hydrogen-bond donors (Lipinski definition) is 4. The van der Waals surface area contributed by atoms with Gasteiger partial charge >= 0.3 is 6.03 Å². The van der Waals surface area contributed by atoms with E-state index in [0.29, 0.717) is 36.1 Å². The van der Waals surface area contributed by atoms with Crippen LogP contribution in [0.2, 0.25) is 5.02 Å². The Labute approximate surface area is 174 Å². The molecule has 150 valence electrons. The van der Waals surface area contributed by atoms with E-state index in [-0.39, 0.29) is 24.3 Å². The minimum Gasteiger partial charge on any atom is -0.366 e. The van der Waals surface area contributed by atoms with E-state index in [4.69, 9.17) is 16.3 Å². The number of anilines is 2. The van der Waals surface area contributed by atoms with E-state index >= 15 is 0 Å². The number of carbonyl (C=O) groups excluding carboxylic acids is 2. The fraction of sp³-hybridized carbons (Fsp3) is 0.263. The summed E-state index contributed by atoms with van der Waals surface area (Å²) in [7, 11) is 0. The molecular formula is C19H22Cl2N4O3. The van der Waals surface area contributed by atoms with Crippen molar-refractivity contribution >= 4 is 47.3 Å². The van der Waals surface area contributed by atoms with Crippen molar-refractivity contribution in [2.24, 2.45) is 0 Å². The number of ether oxygens (including phenoxy) is 1. The molecule has 0 spiro atoms. The van der Waals surface area contributed by atoms with Gasteiger partial charge < -0.3 is 26.0 Å². The molecule has 1 saturated heterocycles. The molecule has 2 aromatic rings. The maximum atomic E-state index is 12.2. The number of morpholine rings is 1. The topological polar surface area (TPSA) is 91.5 Å². The third kappa shape index (κ3) is 6.38. The number of para-hydroxylation sites is 1. The molecule has 0 aliphatic carbocycles. The first kappa shape index (κ1) is 22.0. The molecule has 7 nitrogen and oxygen atoms in total. The second-order valence-electron chi connectivity index (χ2n) is 6.04. The van der Waals surface area contributed by atoms with E-state index in [9.17, 15) is 9.59 Å². The van der Waals surface area contributed by atoms with Crippen LogP contribution in [0.5, 0.6) is 0 Å². The molecule has 1 unspecified atom stereocenters. The summed E-state index contributed by atoms with van der Waals surface area (Å²) >= 11 is 6.02. The smallest absolute Gasteiger partial charge is 0.319 e. The molecule has 9 heteroatoms. The number of benzene rings is 2. The van der Waals surface area contributed by atoms with Crippen LogP contribution in [-0.2, 0) is 16.1 Å². The van der Waals surface area contributed by atoms with Crippen molar-refractivity contribution in [2.45, 2.75) is 12.6 Å². The van der Waals surface area contributed by atoms with Gasteiger partial charge in [0, 0.05) is 25.3 Å². The first-order chi connectivity index (χ1) is 13.1. The average Bonchev–Trinajstić information content (AvgIpc) is 2.69. The zero-order chi connectivity index (χ0) is 19.1. The Morgan fingerprint density at radius 1 is 1.14 bits per heavy atom. The highest BCUT2D eigenvalue weighted by Crippen LogP contribution is 2.20. The molecule has 1 heterocycles. The first-order valence-corrected chi connectivity index (χ1v) is 9.01. The maximum Gasteiger partial charge on any atom is 0.319 e. The molecule has 0 saturated carbocycles. The molecule has 4 N–H and O–H groups in total. The van der Waals surface area contributed by atoms with Gasteiger partial charge in [-0.3, -0.25) is 4.79 Å². The molecule has 28 heavy (non-hydrogen) atoms. The zero-order valence-electron chi connectivity index (χ0n) is 15.0. The summed E-state index contributed by atoms with van der Waals surface area (Å²) in [5, 5.41) is 11.9. The molecule has 0 radical (unpaired) electrons. The van der Waals surface area contributed by atoms with E-state index in [0.717, 1.165) is 12.1 Å². The number of rotatable bonds is 5. The predicted molar refractivity (Wildman–Crippen MR) is 112 cm³/mol. The lowest BCUT2D eigenvalue weighted by atomic mass is 10.2. The Kier molecular flexibility index (Phi) is 8.53. The van der Waals surface area contributed by atoms with E-state index in [1.54, 1.807) is 30.3 Å². The van der Waals surface area contributed by atoms with Crippen LogP contribution in [0.15, 0.2) is 48.5 Å². The van der Waals surface area contributed by atoms with Crippen LogP contribution in [-0.4, -0.2) is 37.7 Å². The number of halogens is 2. The van der Waals surface area contributed by atoms with Crippen LogP contribution in [0.3, 0.4) is 0 Å². The van der Waals surface area contributed by atoms with Gasteiger partial charge in [0.2, 0.25) is 0 Å². The fourth-order valence-corrected chi connectivity index (χ4v) is 2.81. The average molecular weight is 425 g/mol. The van der Waals surface area contributed by atoms with Crippen LogP contribution < -0.4 is 21.3 Å². The molecule has 1 aliphatic rings. The minimum absolute atomic E-state index is 0. The molecule has 0 aromatic heterocycles. The lowest BCUT2D eigenvalue weighted by Crippen LogP contribution is -2.45. The lowest BCUT2D eigenvalue weighted by molar-refractivity contribution is -0.128. The normalized spacial score (nSPS) is 15.8. The molecule has 1 aliphatic heterocycles. The molecule has 3 amide bonds. The maximum absolute atomic E-state index is 12.2. The zero-order valence-corrected chi connectivity index (χ0v) is 16.6. The fourth-order valence-electron chi connectivity index (χ4n) is 2.63. The molecular weight excluding hydrogens is 403 g/mol. The van der Waals surface area contributed by atoms with Crippen molar-refractivity contribution < 1.29 is 14.3 Å². The Bertz CT molecular complexity index is 813. The van der Waals surface area contributed by atoms with Gasteiger partial charge in [0.05, 0.1) is 17.3 Å². The summed E-state index contributed by atoms with van der Waals surface area (Å²) in [4.78, 5) is 24.2. The molecule has 0 bridgehead atoms. The Morgan fingerprint density at radius 3 is 2.71 bits per heavy atom.